The summed E-state index contributed by atoms with van der Waals surface area (Å²) >= 11 is 1.69. The van der Waals surface area contributed by atoms with E-state index in [1.54, 1.807) is 11.3 Å². The average molecular weight is 283 g/mol. The third-order valence-corrected chi connectivity index (χ3v) is 4.71. The van der Waals surface area contributed by atoms with E-state index in [1.807, 2.05) is 11.4 Å². The molecule has 0 radical (unpaired) electrons. The second-order valence-electron chi connectivity index (χ2n) is 5.52. The molecular weight excluding hydrogens is 258 g/mol. The molecule has 0 spiro atoms. The summed E-state index contributed by atoms with van der Waals surface area (Å²) in [6.45, 7) is 3.95. The van der Waals surface area contributed by atoms with Gasteiger partial charge in [-0.05, 0) is 30.2 Å². The highest BCUT2D eigenvalue weighted by atomic mass is 32.1. The SMILES string of the molecule is CC1CCCCC1NCC(O)COCc1cccs1. The maximum Gasteiger partial charge on any atom is 0.0897 e. The van der Waals surface area contributed by atoms with Crippen molar-refractivity contribution in [2.45, 2.75) is 51.4 Å². The maximum absolute atomic E-state index is 9.91. The number of thiophene rings is 1. The number of hydrogen-bond donors (Lipinski definition) is 2. The van der Waals surface area contributed by atoms with Crippen LogP contribution in [0.4, 0.5) is 0 Å². The first-order valence-corrected chi connectivity index (χ1v) is 8.15. The van der Waals surface area contributed by atoms with Gasteiger partial charge in [0.05, 0.1) is 19.3 Å². The van der Waals surface area contributed by atoms with Gasteiger partial charge in [0.1, 0.15) is 0 Å². The van der Waals surface area contributed by atoms with Crippen LogP contribution in [0.2, 0.25) is 0 Å². The lowest BCUT2D eigenvalue weighted by Gasteiger charge is -2.30. The number of aliphatic hydroxyl groups is 1. The molecule has 4 heteroatoms. The van der Waals surface area contributed by atoms with Crippen molar-refractivity contribution in [1.29, 1.82) is 0 Å². The van der Waals surface area contributed by atoms with Crippen molar-refractivity contribution in [2.24, 2.45) is 5.92 Å². The molecule has 2 rings (SSSR count). The van der Waals surface area contributed by atoms with Gasteiger partial charge in [-0.15, -0.1) is 11.3 Å². The lowest BCUT2D eigenvalue weighted by molar-refractivity contribution is 0.0269. The van der Waals surface area contributed by atoms with Crippen LogP contribution in [0.3, 0.4) is 0 Å². The van der Waals surface area contributed by atoms with E-state index < -0.39 is 6.10 Å². The van der Waals surface area contributed by atoms with Crippen molar-refractivity contribution < 1.29 is 9.84 Å². The molecule has 3 atom stereocenters. The lowest BCUT2D eigenvalue weighted by Crippen LogP contribution is -2.42. The Kier molecular flexibility index (Phi) is 6.31. The van der Waals surface area contributed by atoms with Gasteiger partial charge < -0.3 is 15.2 Å². The first-order chi connectivity index (χ1) is 9.25. The second-order valence-corrected chi connectivity index (χ2v) is 6.56. The Morgan fingerprint density at radius 1 is 1.47 bits per heavy atom. The Hall–Kier alpha value is -0.420. The zero-order valence-electron chi connectivity index (χ0n) is 11.7. The molecule has 1 aromatic rings. The molecule has 1 heterocycles. The van der Waals surface area contributed by atoms with E-state index in [4.69, 9.17) is 4.74 Å². The van der Waals surface area contributed by atoms with Gasteiger partial charge in [0.25, 0.3) is 0 Å². The van der Waals surface area contributed by atoms with Crippen LogP contribution in [0.25, 0.3) is 0 Å². The van der Waals surface area contributed by atoms with Gasteiger partial charge in [-0.25, -0.2) is 0 Å². The summed E-state index contributed by atoms with van der Waals surface area (Å²) in [7, 11) is 0. The van der Waals surface area contributed by atoms with Crippen molar-refractivity contribution >= 4 is 11.3 Å². The zero-order chi connectivity index (χ0) is 13.5. The molecule has 108 valence electrons. The highest BCUT2D eigenvalue weighted by Gasteiger charge is 2.21. The topological polar surface area (TPSA) is 41.5 Å². The van der Waals surface area contributed by atoms with Crippen LogP contribution >= 0.6 is 11.3 Å². The van der Waals surface area contributed by atoms with Gasteiger partial charge in [0.2, 0.25) is 0 Å². The van der Waals surface area contributed by atoms with Crippen LogP contribution in [0.1, 0.15) is 37.5 Å². The quantitative estimate of drug-likeness (QED) is 0.808. The number of nitrogens with one attached hydrogen (secondary N) is 1. The number of hydrogen-bond acceptors (Lipinski definition) is 4. The van der Waals surface area contributed by atoms with E-state index in [2.05, 4.69) is 18.3 Å². The van der Waals surface area contributed by atoms with Gasteiger partial charge >= 0.3 is 0 Å². The van der Waals surface area contributed by atoms with Crippen molar-refractivity contribution in [3.63, 3.8) is 0 Å². The summed E-state index contributed by atoms with van der Waals surface area (Å²) in [5, 5.41) is 15.4. The molecule has 1 fully saturated rings. The van der Waals surface area contributed by atoms with E-state index in [1.165, 1.54) is 30.6 Å². The van der Waals surface area contributed by atoms with Crippen LogP contribution in [-0.4, -0.2) is 30.4 Å². The largest absolute Gasteiger partial charge is 0.389 e. The molecule has 0 saturated heterocycles. The fraction of sp³-hybridized carbons (Fsp3) is 0.733. The Morgan fingerprint density at radius 3 is 3.05 bits per heavy atom. The van der Waals surface area contributed by atoms with Crippen molar-refractivity contribution in [3.05, 3.63) is 22.4 Å². The lowest BCUT2D eigenvalue weighted by atomic mass is 9.86. The molecule has 1 aliphatic carbocycles. The summed E-state index contributed by atoms with van der Waals surface area (Å²) in [5.41, 5.74) is 0. The number of aliphatic hydroxyl groups excluding tert-OH is 1. The third-order valence-electron chi connectivity index (χ3n) is 3.86. The van der Waals surface area contributed by atoms with E-state index >= 15 is 0 Å². The Morgan fingerprint density at radius 2 is 2.32 bits per heavy atom. The molecule has 2 N–H and O–H groups in total. The molecule has 19 heavy (non-hydrogen) atoms. The monoisotopic (exact) mass is 283 g/mol. The molecule has 0 bridgehead atoms. The third kappa shape index (κ3) is 5.22. The predicted octanol–water partition coefficient (Wildman–Crippen LogP) is 2.79. The molecule has 3 unspecified atom stereocenters. The van der Waals surface area contributed by atoms with Crippen molar-refractivity contribution in [1.82, 2.24) is 5.32 Å². The standard InChI is InChI=1S/C15H25NO2S/c1-12-5-2-3-7-15(12)16-9-13(17)10-18-11-14-6-4-8-19-14/h4,6,8,12-13,15-17H,2-3,5,7,9-11H2,1H3. The number of ether oxygens (including phenoxy) is 1. The highest BCUT2D eigenvalue weighted by Crippen LogP contribution is 2.23. The Bertz CT molecular complexity index is 342. The molecule has 0 aliphatic heterocycles. The minimum absolute atomic E-state index is 0.408. The zero-order valence-corrected chi connectivity index (χ0v) is 12.5. The highest BCUT2D eigenvalue weighted by molar-refractivity contribution is 7.09. The van der Waals surface area contributed by atoms with Gasteiger partial charge in [-0.1, -0.05) is 25.8 Å². The maximum atomic E-state index is 9.91. The smallest absolute Gasteiger partial charge is 0.0897 e. The van der Waals surface area contributed by atoms with Crippen molar-refractivity contribution in [2.75, 3.05) is 13.2 Å². The minimum atomic E-state index is -0.408. The van der Waals surface area contributed by atoms with E-state index in [-0.39, 0.29) is 0 Å². The summed E-state index contributed by atoms with van der Waals surface area (Å²) in [4.78, 5) is 1.21. The summed E-state index contributed by atoms with van der Waals surface area (Å²) in [6.07, 6.45) is 4.81. The summed E-state index contributed by atoms with van der Waals surface area (Å²) in [5.74, 6) is 0.730. The molecule has 3 nitrogen and oxygen atoms in total. The second kappa shape index (κ2) is 8.00. The fourth-order valence-corrected chi connectivity index (χ4v) is 3.30. The van der Waals surface area contributed by atoms with E-state index in [0.717, 1.165) is 5.92 Å². The normalized spacial score (nSPS) is 25.4. The van der Waals surface area contributed by atoms with E-state index in [0.29, 0.717) is 25.8 Å². The first-order valence-electron chi connectivity index (χ1n) is 7.27. The Labute approximate surface area is 120 Å². The van der Waals surface area contributed by atoms with Crippen LogP contribution in [0.5, 0.6) is 0 Å². The minimum Gasteiger partial charge on any atom is -0.389 e. The van der Waals surface area contributed by atoms with Crippen LogP contribution < -0.4 is 5.32 Å². The average Bonchev–Trinajstić information content (AvgIpc) is 2.91. The molecule has 0 amide bonds. The van der Waals surface area contributed by atoms with Crippen LogP contribution in [-0.2, 0) is 11.3 Å². The fourth-order valence-electron chi connectivity index (χ4n) is 2.66. The van der Waals surface area contributed by atoms with Gasteiger partial charge in [0, 0.05) is 17.5 Å². The van der Waals surface area contributed by atoms with Crippen LogP contribution in [0.15, 0.2) is 17.5 Å². The molecular formula is C15H25NO2S. The molecule has 0 aromatic carbocycles. The molecule has 1 aromatic heterocycles. The molecule has 1 aliphatic rings. The van der Waals surface area contributed by atoms with Gasteiger partial charge in [-0.2, -0.15) is 0 Å². The molecule has 1 saturated carbocycles. The van der Waals surface area contributed by atoms with Gasteiger partial charge in [-0.3, -0.25) is 0 Å². The summed E-state index contributed by atoms with van der Waals surface area (Å²) < 4.78 is 5.53. The number of rotatable bonds is 7. The van der Waals surface area contributed by atoms with Crippen LogP contribution in [0, 0.1) is 5.92 Å². The Balaban J connectivity index is 1.57. The van der Waals surface area contributed by atoms with Gasteiger partial charge in [0.15, 0.2) is 0 Å². The summed E-state index contributed by atoms with van der Waals surface area (Å²) in [6, 6.07) is 4.64. The van der Waals surface area contributed by atoms with Crippen molar-refractivity contribution in [3.8, 4) is 0 Å². The first kappa shape index (κ1) is 15.0. The van der Waals surface area contributed by atoms with E-state index in [9.17, 15) is 5.11 Å². The predicted molar refractivity (Wildman–Crippen MR) is 79.4 cm³/mol.